The van der Waals surface area contributed by atoms with Gasteiger partial charge < -0.3 is 10.4 Å². The number of pyridine rings is 1. The van der Waals surface area contributed by atoms with Gasteiger partial charge in [0.05, 0.1) is 6.26 Å². The minimum Gasteiger partial charge on any atom is -0.396 e. The first-order valence-electron chi connectivity index (χ1n) is 11.0. The number of fused-ring (bicyclic) bond motifs is 1. The van der Waals surface area contributed by atoms with Crippen molar-refractivity contribution >= 4 is 27.0 Å². The summed E-state index contributed by atoms with van der Waals surface area (Å²) < 4.78 is 26.8. The first kappa shape index (κ1) is 22.2. The van der Waals surface area contributed by atoms with Crippen LogP contribution in [0.4, 0.5) is 5.95 Å². The minimum absolute atomic E-state index is 0.0758. The van der Waals surface area contributed by atoms with Gasteiger partial charge in [-0.15, -0.1) is 0 Å². The van der Waals surface area contributed by atoms with Crippen LogP contribution in [0.5, 0.6) is 0 Å². The van der Waals surface area contributed by atoms with Gasteiger partial charge >= 0.3 is 0 Å². The van der Waals surface area contributed by atoms with E-state index in [-0.39, 0.29) is 24.2 Å². The average molecular weight is 450 g/mol. The standard InChI is InChI=1S/C21H31N5O4S/c1-14-4-3-5-18(14)26-19-16(12-15(8-11-27)20(26)28)13-22-21(24-19)23-17-6-9-25(10-7-17)31(2,29)30/h12-14,17-18,27H,3-11H2,1-2H3,(H,22,23,24)/t14-,18+/m1/s1. The van der Waals surface area contributed by atoms with Gasteiger partial charge in [-0.3, -0.25) is 9.36 Å². The van der Waals surface area contributed by atoms with Crippen LogP contribution >= 0.6 is 0 Å². The van der Waals surface area contributed by atoms with Crippen LogP contribution in [0, 0.1) is 5.92 Å². The summed E-state index contributed by atoms with van der Waals surface area (Å²) in [6, 6.07) is 1.96. The summed E-state index contributed by atoms with van der Waals surface area (Å²) in [4.78, 5) is 22.4. The Labute approximate surface area is 182 Å². The molecule has 10 heteroatoms. The molecule has 2 N–H and O–H groups in total. The van der Waals surface area contributed by atoms with E-state index in [4.69, 9.17) is 4.98 Å². The second-order valence-electron chi connectivity index (χ2n) is 8.85. The molecule has 0 spiro atoms. The second-order valence-corrected chi connectivity index (χ2v) is 10.8. The van der Waals surface area contributed by atoms with E-state index in [1.807, 2.05) is 4.57 Å². The lowest BCUT2D eigenvalue weighted by atomic mass is 10.0. The van der Waals surface area contributed by atoms with Gasteiger partial charge in [-0.05, 0) is 37.7 Å². The monoisotopic (exact) mass is 449 g/mol. The number of aromatic nitrogens is 3. The third-order valence-electron chi connectivity index (χ3n) is 6.63. The quantitative estimate of drug-likeness (QED) is 0.687. The number of anilines is 1. The van der Waals surface area contributed by atoms with Crippen molar-refractivity contribution in [2.24, 2.45) is 5.92 Å². The summed E-state index contributed by atoms with van der Waals surface area (Å²) in [6.07, 6.45) is 7.74. The first-order valence-corrected chi connectivity index (χ1v) is 12.9. The molecule has 2 aromatic heterocycles. The number of hydrogen-bond acceptors (Lipinski definition) is 7. The number of nitrogens with zero attached hydrogens (tertiary/aromatic N) is 4. The Hall–Kier alpha value is -2.04. The third-order valence-corrected chi connectivity index (χ3v) is 7.94. The average Bonchev–Trinajstić information content (AvgIpc) is 3.14. The number of rotatable bonds is 6. The zero-order valence-corrected chi connectivity index (χ0v) is 18.9. The van der Waals surface area contributed by atoms with Crippen LogP contribution in [-0.2, 0) is 16.4 Å². The SMILES string of the molecule is C[C@@H]1CCC[C@@H]1n1c(=O)c(CCO)cc2cnc(NC3CCN(S(C)(=O)=O)CC3)nc21. The molecule has 0 bridgehead atoms. The Morgan fingerprint density at radius 1 is 1.23 bits per heavy atom. The molecular formula is C21H31N5O4S. The summed E-state index contributed by atoms with van der Waals surface area (Å²) >= 11 is 0. The number of aliphatic hydroxyl groups is 1. The van der Waals surface area contributed by atoms with Gasteiger partial charge in [0.25, 0.3) is 5.56 Å². The van der Waals surface area contributed by atoms with E-state index in [9.17, 15) is 18.3 Å². The lowest BCUT2D eigenvalue weighted by Gasteiger charge is -2.30. The van der Waals surface area contributed by atoms with Crippen molar-refractivity contribution in [2.45, 2.75) is 57.5 Å². The second kappa shape index (κ2) is 8.84. The normalized spacial score (nSPS) is 23.5. The van der Waals surface area contributed by atoms with Gasteiger partial charge in [0.15, 0.2) is 0 Å². The highest BCUT2D eigenvalue weighted by Gasteiger charge is 2.29. The molecule has 31 heavy (non-hydrogen) atoms. The van der Waals surface area contributed by atoms with E-state index < -0.39 is 10.0 Å². The van der Waals surface area contributed by atoms with Crippen molar-refractivity contribution in [3.05, 3.63) is 28.2 Å². The highest BCUT2D eigenvalue weighted by molar-refractivity contribution is 7.88. The largest absolute Gasteiger partial charge is 0.396 e. The minimum atomic E-state index is -3.17. The fourth-order valence-corrected chi connectivity index (χ4v) is 5.75. The lowest BCUT2D eigenvalue weighted by molar-refractivity contribution is 0.298. The van der Waals surface area contributed by atoms with Crippen molar-refractivity contribution < 1.29 is 13.5 Å². The molecule has 0 aromatic carbocycles. The first-order chi connectivity index (χ1) is 14.8. The van der Waals surface area contributed by atoms with Crippen LogP contribution in [0.2, 0.25) is 0 Å². The van der Waals surface area contributed by atoms with E-state index in [0.29, 0.717) is 55.4 Å². The molecule has 4 rings (SSSR count). The van der Waals surface area contributed by atoms with Crippen molar-refractivity contribution in [3.8, 4) is 0 Å². The number of aliphatic hydroxyl groups excluding tert-OH is 1. The molecule has 1 saturated carbocycles. The maximum absolute atomic E-state index is 13.2. The fourth-order valence-electron chi connectivity index (χ4n) is 4.88. The van der Waals surface area contributed by atoms with Crippen LogP contribution in [0.3, 0.4) is 0 Å². The number of piperidine rings is 1. The van der Waals surface area contributed by atoms with Crippen molar-refractivity contribution in [3.63, 3.8) is 0 Å². The van der Waals surface area contributed by atoms with Crippen LogP contribution in [-0.4, -0.2) is 64.4 Å². The molecule has 9 nitrogen and oxygen atoms in total. The summed E-state index contributed by atoms with van der Waals surface area (Å²) in [6.45, 7) is 3.04. The Kier molecular flexibility index (Phi) is 6.32. The van der Waals surface area contributed by atoms with Crippen LogP contribution in [0.25, 0.3) is 11.0 Å². The Morgan fingerprint density at radius 3 is 2.58 bits per heavy atom. The summed E-state index contributed by atoms with van der Waals surface area (Å²) in [5.41, 5.74) is 1.13. The predicted octanol–water partition coefficient (Wildman–Crippen LogP) is 1.52. The van der Waals surface area contributed by atoms with Crippen LogP contribution in [0.1, 0.15) is 50.6 Å². The van der Waals surface area contributed by atoms with E-state index in [1.54, 1.807) is 12.3 Å². The highest BCUT2D eigenvalue weighted by atomic mass is 32.2. The molecule has 1 aliphatic heterocycles. The zero-order valence-electron chi connectivity index (χ0n) is 18.1. The van der Waals surface area contributed by atoms with Gasteiger partial charge in [0, 0.05) is 55.3 Å². The molecular weight excluding hydrogens is 418 g/mol. The number of sulfonamides is 1. The van der Waals surface area contributed by atoms with E-state index in [0.717, 1.165) is 24.6 Å². The van der Waals surface area contributed by atoms with Gasteiger partial charge in [0.1, 0.15) is 5.65 Å². The molecule has 1 aliphatic carbocycles. The van der Waals surface area contributed by atoms with Crippen molar-refractivity contribution in [1.29, 1.82) is 0 Å². The Balaban J connectivity index is 1.65. The molecule has 0 unspecified atom stereocenters. The van der Waals surface area contributed by atoms with E-state index in [1.165, 1.54) is 10.6 Å². The maximum atomic E-state index is 13.2. The topological polar surface area (TPSA) is 117 Å². The van der Waals surface area contributed by atoms with Crippen LogP contribution < -0.4 is 10.9 Å². The Morgan fingerprint density at radius 2 is 1.97 bits per heavy atom. The van der Waals surface area contributed by atoms with Gasteiger partial charge in [-0.1, -0.05) is 13.3 Å². The summed E-state index contributed by atoms with van der Waals surface area (Å²) in [5.74, 6) is 0.844. The van der Waals surface area contributed by atoms with Crippen LogP contribution in [0.15, 0.2) is 17.1 Å². The smallest absolute Gasteiger partial charge is 0.255 e. The Bertz CT molecular complexity index is 1110. The molecule has 0 amide bonds. The number of nitrogens with one attached hydrogen (secondary N) is 1. The van der Waals surface area contributed by atoms with E-state index in [2.05, 4.69) is 17.2 Å². The van der Waals surface area contributed by atoms with Gasteiger partial charge in [-0.25, -0.2) is 17.7 Å². The summed E-state index contributed by atoms with van der Waals surface area (Å²) in [5, 5.41) is 13.5. The molecule has 2 fully saturated rings. The van der Waals surface area contributed by atoms with Crippen molar-refractivity contribution in [2.75, 3.05) is 31.3 Å². The van der Waals surface area contributed by atoms with E-state index >= 15 is 0 Å². The molecule has 2 atom stereocenters. The molecule has 3 heterocycles. The van der Waals surface area contributed by atoms with Gasteiger partial charge in [-0.2, -0.15) is 4.98 Å². The van der Waals surface area contributed by atoms with Crippen molar-refractivity contribution in [1.82, 2.24) is 18.8 Å². The molecule has 0 radical (unpaired) electrons. The summed E-state index contributed by atoms with van der Waals surface area (Å²) in [7, 11) is -3.17. The molecule has 2 aliphatic rings. The highest BCUT2D eigenvalue weighted by Crippen LogP contribution is 2.36. The number of hydrogen-bond donors (Lipinski definition) is 2. The zero-order chi connectivity index (χ0) is 22.2. The molecule has 1 saturated heterocycles. The molecule has 170 valence electrons. The fraction of sp³-hybridized carbons (Fsp3) is 0.667. The third kappa shape index (κ3) is 4.61. The van der Waals surface area contributed by atoms with Gasteiger partial charge in [0.2, 0.25) is 16.0 Å². The molecule has 2 aromatic rings. The predicted molar refractivity (Wildman–Crippen MR) is 120 cm³/mol. The maximum Gasteiger partial charge on any atom is 0.255 e. The lowest BCUT2D eigenvalue weighted by Crippen LogP contribution is -2.42.